The number of phenols is 1. The summed E-state index contributed by atoms with van der Waals surface area (Å²) in [6.07, 6.45) is -0.170. The van der Waals surface area contributed by atoms with Crippen LogP contribution in [-0.4, -0.2) is 45.6 Å². The minimum atomic E-state index is -1.15. The van der Waals surface area contributed by atoms with Gasteiger partial charge in [0.15, 0.2) is 0 Å². The quantitative estimate of drug-likeness (QED) is 0.380. The Bertz CT molecular complexity index is 1120. The molecule has 2 aromatic rings. The number of amides is 3. The van der Waals surface area contributed by atoms with Crippen molar-refractivity contribution < 1.29 is 24.2 Å². The first-order valence-electron chi connectivity index (χ1n) is 13.1. The molecule has 0 heterocycles. The Balaban J connectivity index is 2.61. The van der Waals surface area contributed by atoms with Gasteiger partial charge in [0.05, 0.1) is 0 Å². The molecule has 0 bridgehead atoms. The van der Waals surface area contributed by atoms with Crippen LogP contribution in [0, 0.1) is 19.8 Å². The summed E-state index contributed by atoms with van der Waals surface area (Å²) in [7, 11) is 0. The number of carbonyl (C=O) groups is 3. The number of para-hydroxylation sites is 2. The molecule has 3 N–H and O–H groups in total. The normalized spacial score (nSPS) is 13.8. The van der Waals surface area contributed by atoms with Gasteiger partial charge in [-0.15, -0.1) is 0 Å². The highest BCUT2D eigenvalue weighted by atomic mass is 16.6. The maximum Gasteiger partial charge on any atom is 0.408 e. The molecule has 0 aromatic heterocycles. The largest absolute Gasteiger partial charge is 0.508 e. The van der Waals surface area contributed by atoms with Gasteiger partial charge >= 0.3 is 6.09 Å². The fourth-order valence-electron chi connectivity index (χ4n) is 4.24. The molecular formula is C30H43N3O5. The first kappa shape index (κ1) is 30.7. The predicted molar refractivity (Wildman–Crippen MR) is 150 cm³/mol. The number of benzene rings is 2. The SMILES string of the molecule is CCC(C)N(C(=O)C(NC(=O)OC(C)(C)C)C(C)C)C(C(=O)Nc1c(C)cccc1C)c1ccccc1O. The van der Waals surface area contributed by atoms with Crippen molar-refractivity contribution in [1.29, 1.82) is 0 Å². The van der Waals surface area contributed by atoms with Crippen LogP contribution in [0.1, 0.15) is 77.6 Å². The van der Waals surface area contributed by atoms with Crippen molar-refractivity contribution in [2.24, 2.45) is 5.92 Å². The molecule has 2 rings (SSSR count). The number of aryl methyl sites for hydroxylation is 2. The monoisotopic (exact) mass is 525 g/mol. The minimum absolute atomic E-state index is 0.101. The molecule has 3 amide bonds. The molecule has 0 spiro atoms. The first-order valence-corrected chi connectivity index (χ1v) is 13.1. The summed E-state index contributed by atoms with van der Waals surface area (Å²) in [6.45, 7) is 16.4. The van der Waals surface area contributed by atoms with Gasteiger partial charge in [-0.2, -0.15) is 0 Å². The highest BCUT2D eigenvalue weighted by molar-refractivity contribution is 6.00. The van der Waals surface area contributed by atoms with Crippen molar-refractivity contribution in [3.8, 4) is 5.75 Å². The molecule has 0 saturated carbocycles. The summed E-state index contributed by atoms with van der Waals surface area (Å²) in [5, 5.41) is 16.5. The Labute approximate surface area is 226 Å². The Kier molecular flexibility index (Phi) is 10.3. The number of alkyl carbamates (subject to hydrolysis) is 1. The zero-order valence-corrected chi connectivity index (χ0v) is 24.1. The van der Waals surface area contributed by atoms with Crippen LogP contribution in [0.15, 0.2) is 42.5 Å². The standard InChI is InChI=1S/C30H43N3O5/c1-10-21(6)33(28(36)24(18(2)3)32-29(37)38-30(7,8)9)26(22-16-11-12-17-23(22)34)27(35)31-25-19(4)14-13-15-20(25)5/h11-18,21,24,26,34H,10H2,1-9H3,(H,31,35)(H,32,37). The van der Waals surface area contributed by atoms with Crippen LogP contribution in [-0.2, 0) is 14.3 Å². The van der Waals surface area contributed by atoms with Crippen LogP contribution in [0.2, 0.25) is 0 Å². The predicted octanol–water partition coefficient (Wildman–Crippen LogP) is 5.87. The molecule has 8 heteroatoms. The fraction of sp³-hybridized carbons (Fsp3) is 0.500. The lowest BCUT2D eigenvalue weighted by molar-refractivity contribution is -0.144. The van der Waals surface area contributed by atoms with Gasteiger partial charge in [-0.05, 0) is 71.1 Å². The molecular weight excluding hydrogens is 482 g/mol. The van der Waals surface area contributed by atoms with Gasteiger partial charge in [0, 0.05) is 17.3 Å². The summed E-state index contributed by atoms with van der Waals surface area (Å²) in [6, 6.07) is 9.71. The first-order chi connectivity index (χ1) is 17.7. The van der Waals surface area contributed by atoms with E-state index in [1.54, 1.807) is 39.0 Å². The maximum absolute atomic E-state index is 14.2. The number of nitrogens with zero attached hydrogens (tertiary/aromatic N) is 1. The number of hydrogen-bond donors (Lipinski definition) is 3. The van der Waals surface area contributed by atoms with Gasteiger partial charge < -0.3 is 25.4 Å². The molecule has 208 valence electrons. The van der Waals surface area contributed by atoms with Gasteiger partial charge in [-0.1, -0.05) is 57.2 Å². The summed E-state index contributed by atoms with van der Waals surface area (Å²) in [5.74, 6) is -1.30. The van der Waals surface area contributed by atoms with Crippen LogP contribution >= 0.6 is 0 Å². The van der Waals surface area contributed by atoms with Gasteiger partial charge in [-0.25, -0.2) is 4.79 Å². The second-order valence-corrected chi connectivity index (χ2v) is 11.1. The van der Waals surface area contributed by atoms with Crippen LogP contribution < -0.4 is 10.6 Å². The van der Waals surface area contributed by atoms with Gasteiger partial charge in [0.25, 0.3) is 5.91 Å². The van der Waals surface area contributed by atoms with Gasteiger partial charge in [0.2, 0.25) is 5.91 Å². The van der Waals surface area contributed by atoms with E-state index in [1.807, 2.05) is 59.7 Å². The number of nitrogens with one attached hydrogen (secondary N) is 2. The zero-order valence-electron chi connectivity index (χ0n) is 24.1. The lowest BCUT2D eigenvalue weighted by Crippen LogP contribution is -2.56. The van der Waals surface area contributed by atoms with Crippen LogP contribution in [0.3, 0.4) is 0 Å². The number of carbonyl (C=O) groups excluding carboxylic acids is 3. The molecule has 2 aromatic carbocycles. The lowest BCUT2D eigenvalue weighted by atomic mass is 9.96. The average molecular weight is 526 g/mol. The molecule has 3 atom stereocenters. The minimum Gasteiger partial charge on any atom is -0.508 e. The number of anilines is 1. The third-order valence-corrected chi connectivity index (χ3v) is 6.41. The molecule has 0 aliphatic carbocycles. The van der Waals surface area contributed by atoms with Crippen LogP contribution in [0.25, 0.3) is 0 Å². The third-order valence-electron chi connectivity index (χ3n) is 6.41. The molecule has 3 unspecified atom stereocenters. The number of phenolic OH excluding ortho intramolecular Hbond substituents is 1. The molecule has 0 fully saturated rings. The fourth-order valence-corrected chi connectivity index (χ4v) is 4.24. The van der Waals surface area contributed by atoms with Gasteiger partial charge in [-0.3, -0.25) is 9.59 Å². The number of aromatic hydroxyl groups is 1. The third kappa shape index (κ3) is 7.73. The van der Waals surface area contributed by atoms with E-state index in [2.05, 4.69) is 10.6 Å². The van der Waals surface area contributed by atoms with Crippen molar-refractivity contribution in [3.05, 3.63) is 59.2 Å². The Hall–Kier alpha value is -3.55. The van der Waals surface area contributed by atoms with E-state index in [0.29, 0.717) is 17.7 Å². The van der Waals surface area contributed by atoms with Crippen LogP contribution in [0.4, 0.5) is 10.5 Å². The van der Waals surface area contributed by atoms with E-state index in [9.17, 15) is 19.5 Å². The molecule has 0 aliphatic heterocycles. The Morgan fingerprint density at radius 1 is 0.974 bits per heavy atom. The van der Waals surface area contributed by atoms with E-state index in [4.69, 9.17) is 4.74 Å². The second-order valence-electron chi connectivity index (χ2n) is 11.1. The van der Waals surface area contributed by atoms with Crippen molar-refractivity contribution in [2.45, 2.75) is 92.5 Å². The number of hydrogen-bond acceptors (Lipinski definition) is 5. The second kappa shape index (κ2) is 12.8. The number of rotatable bonds is 9. The summed E-state index contributed by atoms with van der Waals surface area (Å²) >= 11 is 0. The highest BCUT2D eigenvalue weighted by Gasteiger charge is 2.40. The number of ether oxygens (including phenoxy) is 1. The van der Waals surface area contributed by atoms with Crippen LogP contribution in [0.5, 0.6) is 5.75 Å². The molecule has 38 heavy (non-hydrogen) atoms. The highest BCUT2D eigenvalue weighted by Crippen LogP contribution is 2.34. The van der Waals surface area contributed by atoms with E-state index >= 15 is 0 Å². The smallest absolute Gasteiger partial charge is 0.408 e. The van der Waals surface area contributed by atoms with Crippen molar-refractivity contribution in [1.82, 2.24) is 10.2 Å². The molecule has 0 saturated heterocycles. The summed E-state index contributed by atoms with van der Waals surface area (Å²) < 4.78 is 5.41. The Morgan fingerprint density at radius 3 is 2.05 bits per heavy atom. The molecule has 8 nitrogen and oxygen atoms in total. The van der Waals surface area contributed by atoms with Gasteiger partial charge in [0.1, 0.15) is 23.4 Å². The zero-order chi connectivity index (χ0) is 28.8. The average Bonchev–Trinajstić information content (AvgIpc) is 2.81. The van der Waals surface area contributed by atoms with Crippen molar-refractivity contribution >= 4 is 23.6 Å². The van der Waals surface area contributed by atoms with Crippen molar-refractivity contribution in [3.63, 3.8) is 0 Å². The summed E-state index contributed by atoms with van der Waals surface area (Å²) in [4.78, 5) is 42.3. The topological polar surface area (TPSA) is 108 Å². The summed E-state index contributed by atoms with van der Waals surface area (Å²) in [5.41, 5.74) is 1.96. The van der Waals surface area contributed by atoms with E-state index in [1.165, 1.54) is 11.0 Å². The van der Waals surface area contributed by atoms with Crippen molar-refractivity contribution in [2.75, 3.05) is 5.32 Å². The van der Waals surface area contributed by atoms with E-state index in [-0.39, 0.29) is 11.7 Å². The van der Waals surface area contributed by atoms with E-state index < -0.39 is 41.6 Å². The Morgan fingerprint density at radius 2 is 1.55 bits per heavy atom. The van der Waals surface area contributed by atoms with E-state index in [0.717, 1.165) is 11.1 Å². The molecule has 0 aliphatic rings. The lowest BCUT2D eigenvalue weighted by Gasteiger charge is -2.39. The molecule has 0 radical (unpaired) electrons. The maximum atomic E-state index is 14.2.